The number of carbonyl (C=O) groups is 4. The molecule has 24 heavy (non-hydrogen) atoms. The molecule has 132 valence electrons. The van der Waals surface area contributed by atoms with Gasteiger partial charge in [0.1, 0.15) is 12.2 Å². The first-order chi connectivity index (χ1) is 11.3. The Kier molecular flexibility index (Phi) is 7.29. The number of amides is 4. The zero-order valence-corrected chi connectivity index (χ0v) is 13.1. The van der Waals surface area contributed by atoms with Crippen molar-refractivity contribution >= 4 is 23.6 Å². The maximum atomic E-state index is 11.7. The van der Waals surface area contributed by atoms with E-state index in [9.17, 15) is 19.2 Å². The van der Waals surface area contributed by atoms with Gasteiger partial charge in [-0.25, -0.2) is 4.68 Å². The van der Waals surface area contributed by atoms with Crippen molar-refractivity contribution in [3.63, 3.8) is 0 Å². The maximum absolute atomic E-state index is 11.7. The van der Waals surface area contributed by atoms with Gasteiger partial charge in [0.25, 0.3) is 0 Å². The summed E-state index contributed by atoms with van der Waals surface area (Å²) in [4.78, 5) is 44.7. The first-order valence-electron chi connectivity index (χ1n) is 7.03. The Morgan fingerprint density at radius 3 is 2.46 bits per heavy atom. The van der Waals surface area contributed by atoms with Crippen molar-refractivity contribution in [1.29, 1.82) is 0 Å². The molecule has 0 saturated heterocycles. The van der Waals surface area contributed by atoms with E-state index < -0.39 is 29.7 Å². The molecule has 0 fully saturated rings. The van der Waals surface area contributed by atoms with E-state index in [1.54, 1.807) is 6.92 Å². The van der Waals surface area contributed by atoms with Gasteiger partial charge < -0.3 is 27.4 Å². The minimum atomic E-state index is -0.652. The Bertz CT molecular complexity index is 614. The summed E-state index contributed by atoms with van der Waals surface area (Å²) in [6.45, 7) is 0.859. The Morgan fingerprint density at radius 1 is 1.17 bits per heavy atom. The monoisotopic (exact) mass is 340 g/mol. The third-order valence-corrected chi connectivity index (χ3v) is 2.77. The topological polar surface area (TPSA) is 187 Å². The van der Waals surface area contributed by atoms with Gasteiger partial charge in [0.2, 0.25) is 23.6 Å². The average Bonchev–Trinajstić information content (AvgIpc) is 2.99. The fraction of sp³-hybridized carbons (Fsp3) is 0.500. The summed E-state index contributed by atoms with van der Waals surface area (Å²) >= 11 is 0. The SMILES string of the molecule is C[C@H](NC(=O)CNC(=O)CN)c1cn(CC(=O)NCC(N)=O)nn1. The molecule has 0 bridgehead atoms. The quantitative estimate of drug-likeness (QED) is 0.304. The van der Waals surface area contributed by atoms with Gasteiger partial charge in [0.15, 0.2) is 0 Å². The van der Waals surface area contributed by atoms with Crippen molar-refractivity contribution in [3.05, 3.63) is 11.9 Å². The molecular weight excluding hydrogens is 320 g/mol. The molecule has 0 radical (unpaired) electrons. The number of rotatable bonds is 9. The van der Waals surface area contributed by atoms with E-state index in [2.05, 4.69) is 26.3 Å². The molecule has 0 aromatic carbocycles. The lowest BCUT2D eigenvalue weighted by Gasteiger charge is -2.11. The van der Waals surface area contributed by atoms with Crippen molar-refractivity contribution in [2.75, 3.05) is 19.6 Å². The summed E-state index contributed by atoms with van der Waals surface area (Å²) in [6.07, 6.45) is 1.48. The Labute approximate surface area is 137 Å². The summed E-state index contributed by atoms with van der Waals surface area (Å²) in [5.74, 6) is -1.96. The Morgan fingerprint density at radius 2 is 1.83 bits per heavy atom. The molecule has 12 heteroatoms. The first kappa shape index (κ1) is 19.0. The molecule has 4 amide bonds. The summed E-state index contributed by atoms with van der Waals surface area (Å²) in [6, 6.07) is -0.477. The van der Waals surface area contributed by atoms with Gasteiger partial charge in [-0.1, -0.05) is 5.21 Å². The third kappa shape index (κ3) is 6.83. The van der Waals surface area contributed by atoms with Crippen LogP contribution < -0.4 is 27.4 Å². The Hall–Kier alpha value is -3.02. The maximum Gasteiger partial charge on any atom is 0.242 e. The fourth-order valence-corrected chi connectivity index (χ4v) is 1.60. The lowest BCUT2D eigenvalue weighted by atomic mass is 10.2. The van der Waals surface area contributed by atoms with Gasteiger partial charge in [-0.15, -0.1) is 5.10 Å². The van der Waals surface area contributed by atoms with E-state index in [1.807, 2.05) is 0 Å². The second-order valence-corrected chi connectivity index (χ2v) is 4.85. The van der Waals surface area contributed by atoms with Crippen molar-refractivity contribution in [2.24, 2.45) is 11.5 Å². The smallest absolute Gasteiger partial charge is 0.242 e. The van der Waals surface area contributed by atoms with E-state index in [-0.39, 0.29) is 26.2 Å². The predicted octanol–water partition coefficient (Wildman–Crippen LogP) is -3.87. The molecule has 0 unspecified atom stereocenters. The van der Waals surface area contributed by atoms with Gasteiger partial charge in [-0.3, -0.25) is 19.2 Å². The molecule has 1 atom stereocenters. The molecule has 0 aliphatic heterocycles. The number of nitrogens with one attached hydrogen (secondary N) is 3. The van der Waals surface area contributed by atoms with Crippen LogP contribution in [0.25, 0.3) is 0 Å². The van der Waals surface area contributed by atoms with Crippen LogP contribution in [0.2, 0.25) is 0 Å². The predicted molar refractivity (Wildman–Crippen MR) is 80.8 cm³/mol. The number of primary amides is 1. The third-order valence-electron chi connectivity index (χ3n) is 2.77. The summed E-state index contributed by atoms with van der Waals surface area (Å²) in [5.41, 5.74) is 10.4. The van der Waals surface area contributed by atoms with Gasteiger partial charge in [0.05, 0.1) is 31.9 Å². The molecule has 1 aromatic heterocycles. The van der Waals surface area contributed by atoms with Crippen LogP contribution in [0.1, 0.15) is 18.7 Å². The molecule has 12 nitrogen and oxygen atoms in total. The highest BCUT2D eigenvalue weighted by molar-refractivity contribution is 5.85. The van der Waals surface area contributed by atoms with E-state index in [0.29, 0.717) is 5.69 Å². The zero-order chi connectivity index (χ0) is 18.1. The Balaban J connectivity index is 2.46. The number of carbonyl (C=O) groups excluding carboxylic acids is 4. The van der Waals surface area contributed by atoms with Gasteiger partial charge in [0, 0.05) is 0 Å². The van der Waals surface area contributed by atoms with Crippen LogP contribution in [0.4, 0.5) is 0 Å². The number of hydrogen-bond donors (Lipinski definition) is 5. The zero-order valence-electron chi connectivity index (χ0n) is 13.1. The normalized spacial score (nSPS) is 11.4. The molecule has 0 aliphatic carbocycles. The second-order valence-electron chi connectivity index (χ2n) is 4.85. The van der Waals surface area contributed by atoms with Crippen LogP contribution >= 0.6 is 0 Å². The largest absolute Gasteiger partial charge is 0.368 e. The van der Waals surface area contributed by atoms with Crippen LogP contribution in [0.5, 0.6) is 0 Å². The van der Waals surface area contributed by atoms with E-state index in [1.165, 1.54) is 10.9 Å². The van der Waals surface area contributed by atoms with Crippen molar-refractivity contribution in [2.45, 2.75) is 19.5 Å². The van der Waals surface area contributed by atoms with Gasteiger partial charge in [-0.05, 0) is 6.92 Å². The first-order valence-corrected chi connectivity index (χ1v) is 7.03. The highest BCUT2D eigenvalue weighted by Crippen LogP contribution is 2.07. The molecular formula is C12H20N8O4. The molecule has 1 heterocycles. The lowest BCUT2D eigenvalue weighted by Crippen LogP contribution is -2.40. The summed E-state index contributed by atoms with van der Waals surface area (Å²) in [7, 11) is 0. The van der Waals surface area contributed by atoms with E-state index in [0.717, 1.165) is 0 Å². The average molecular weight is 340 g/mol. The van der Waals surface area contributed by atoms with Crippen LogP contribution in [0, 0.1) is 0 Å². The van der Waals surface area contributed by atoms with Crippen LogP contribution in [-0.2, 0) is 25.7 Å². The highest BCUT2D eigenvalue weighted by atomic mass is 16.2. The highest BCUT2D eigenvalue weighted by Gasteiger charge is 2.14. The molecule has 1 aromatic rings. The van der Waals surface area contributed by atoms with Crippen molar-refractivity contribution < 1.29 is 19.2 Å². The van der Waals surface area contributed by atoms with Crippen LogP contribution in [0.3, 0.4) is 0 Å². The summed E-state index contributed by atoms with van der Waals surface area (Å²) in [5, 5.41) is 14.9. The van der Waals surface area contributed by atoms with E-state index >= 15 is 0 Å². The second kappa shape index (κ2) is 9.19. The standard InChI is InChI=1S/C12H20N8O4/c1-7(17-11(23)4-16-10(22)2-13)8-5-20(19-18-8)6-12(24)15-3-9(14)21/h5,7H,2-4,6,13H2,1H3,(H2,14,21)(H,15,24)(H,16,22)(H,17,23)/t7-/m0/s1. The van der Waals surface area contributed by atoms with E-state index in [4.69, 9.17) is 11.5 Å². The van der Waals surface area contributed by atoms with Crippen molar-refractivity contribution in [3.8, 4) is 0 Å². The minimum Gasteiger partial charge on any atom is -0.368 e. The number of nitrogens with zero attached hydrogens (tertiary/aromatic N) is 3. The van der Waals surface area contributed by atoms with Crippen LogP contribution in [-0.4, -0.2) is 58.3 Å². The number of nitrogens with two attached hydrogens (primary N) is 2. The van der Waals surface area contributed by atoms with Crippen molar-refractivity contribution in [1.82, 2.24) is 30.9 Å². The lowest BCUT2D eigenvalue weighted by molar-refractivity contribution is -0.125. The number of hydrogen-bond acceptors (Lipinski definition) is 7. The minimum absolute atomic E-state index is 0.145. The van der Waals surface area contributed by atoms with Gasteiger partial charge in [-0.2, -0.15) is 0 Å². The molecule has 0 aliphatic rings. The summed E-state index contributed by atoms with van der Waals surface area (Å²) < 4.78 is 1.25. The molecule has 0 spiro atoms. The molecule has 0 saturated carbocycles. The molecule has 1 rings (SSSR count). The molecule has 7 N–H and O–H groups in total. The van der Waals surface area contributed by atoms with Gasteiger partial charge >= 0.3 is 0 Å². The number of aromatic nitrogens is 3. The van der Waals surface area contributed by atoms with Crippen LogP contribution in [0.15, 0.2) is 6.20 Å². The fourth-order valence-electron chi connectivity index (χ4n) is 1.60.